The van der Waals surface area contributed by atoms with E-state index in [0.717, 1.165) is 17.8 Å². The Bertz CT molecular complexity index is 523. The Morgan fingerprint density at radius 2 is 1.67 bits per heavy atom. The van der Waals surface area contributed by atoms with Gasteiger partial charge in [-0.3, -0.25) is 10.1 Å². The summed E-state index contributed by atoms with van der Waals surface area (Å²) in [5.74, 6) is 0. The average molecular weight is 242 g/mol. The molecule has 0 saturated carbocycles. The second kappa shape index (κ2) is 5.31. The lowest BCUT2D eigenvalue weighted by molar-refractivity contribution is -0.384. The third-order valence-corrected chi connectivity index (χ3v) is 2.76. The van der Waals surface area contributed by atoms with E-state index in [1.807, 2.05) is 37.4 Å². The smallest absolute Gasteiger partial charge is 0.269 e. The molecule has 0 atom stereocenters. The molecule has 0 unspecified atom stereocenters. The summed E-state index contributed by atoms with van der Waals surface area (Å²) in [6, 6.07) is 16.7. The van der Waals surface area contributed by atoms with Crippen LogP contribution in [-0.4, -0.2) is 12.0 Å². The molecule has 18 heavy (non-hydrogen) atoms. The third kappa shape index (κ3) is 2.85. The predicted octanol–water partition coefficient (Wildman–Crippen LogP) is 3.23. The van der Waals surface area contributed by atoms with Gasteiger partial charge in [0, 0.05) is 31.4 Å². The molecule has 0 heterocycles. The summed E-state index contributed by atoms with van der Waals surface area (Å²) in [6.07, 6.45) is 0. The lowest BCUT2D eigenvalue weighted by Gasteiger charge is -2.19. The Balaban J connectivity index is 2.08. The molecule has 0 radical (unpaired) electrons. The van der Waals surface area contributed by atoms with E-state index in [2.05, 4.69) is 4.90 Å². The largest absolute Gasteiger partial charge is 0.370 e. The number of rotatable bonds is 4. The van der Waals surface area contributed by atoms with Gasteiger partial charge < -0.3 is 4.90 Å². The van der Waals surface area contributed by atoms with Crippen LogP contribution in [0.25, 0.3) is 0 Å². The Hall–Kier alpha value is -2.36. The first kappa shape index (κ1) is 12.1. The molecule has 2 aromatic carbocycles. The summed E-state index contributed by atoms with van der Waals surface area (Å²) < 4.78 is 0. The van der Waals surface area contributed by atoms with Crippen molar-refractivity contribution in [2.75, 3.05) is 11.9 Å². The molecule has 4 nitrogen and oxygen atoms in total. The van der Waals surface area contributed by atoms with E-state index in [9.17, 15) is 10.1 Å². The quantitative estimate of drug-likeness (QED) is 0.610. The van der Waals surface area contributed by atoms with Crippen LogP contribution in [0.4, 0.5) is 11.4 Å². The van der Waals surface area contributed by atoms with Crippen molar-refractivity contribution in [1.82, 2.24) is 0 Å². The van der Waals surface area contributed by atoms with Crippen molar-refractivity contribution in [2.45, 2.75) is 6.54 Å². The van der Waals surface area contributed by atoms with Crippen molar-refractivity contribution < 1.29 is 4.92 Å². The second-order valence-corrected chi connectivity index (χ2v) is 4.12. The Labute approximate surface area is 106 Å². The molecule has 0 amide bonds. The third-order valence-electron chi connectivity index (χ3n) is 2.76. The van der Waals surface area contributed by atoms with E-state index >= 15 is 0 Å². The molecule has 0 aliphatic rings. The maximum absolute atomic E-state index is 10.6. The lowest BCUT2D eigenvalue weighted by Crippen LogP contribution is -2.15. The van der Waals surface area contributed by atoms with Crippen LogP contribution in [0.1, 0.15) is 5.56 Å². The summed E-state index contributed by atoms with van der Waals surface area (Å²) in [5, 5.41) is 10.6. The standard InChI is InChI=1S/C14H14N2O2/c1-15(13-5-3-2-4-6-13)11-12-7-9-14(10-8-12)16(17)18/h2-10H,11H2,1H3. The Morgan fingerprint density at radius 3 is 2.22 bits per heavy atom. The minimum absolute atomic E-state index is 0.126. The monoisotopic (exact) mass is 242 g/mol. The zero-order valence-electron chi connectivity index (χ0n) is 10.1. The fourth-order valence-corrected chi connectivity index (χ4v) is 1.77. The van der Waals surface area contributed by atoms with Crippen molar-refractivity contribution >= 4 is 11.4 Å². The Morgan fingerprint density at radius 1 is 1.06 bits per heavy atom. The second-order valence-electron chi connectivity index (χ2n) is 4.12. The fraction of sp³-hybridized carbons (Fsp3) is 0.143. The molecular formula is C14H14N2O2. The SMILES string of the molecule is CN(Cc1ccc([N+](=O)[O-])cc1)c1ccccc1. The topological polar surface area (TPSA) is 46.4 Å². The minimum Gasteiger partial charge on any atom is -0.370 e. The first-order chi connectivity index (χ1) is 8.66. The minimum atomic E-state index is -0.384. The molecule has 0 aromatic heterocycles. The molecule has 92 valence electrons. The molecule has 0 bridgehead atoms. The van der Waals surface area contributed by atoms with Gasteiger partial charge in [-0.15, -0.1) is 0 Å². The fourth-order valence-electron chi connectivity index (χ4n) is 1.77. The number of nitro benzene ring substituents is 1. The summed E-state index contributed by atoms with van der Waals surface area (Å²) in [4.78, 5) is 12.3. The maximum atomic E-state index is 10.6. The van der Waals surface area contributed by atoms with Gasteiger partial charge in [-0.1, -0.05) is 30.3 Å². The zero-order chi connectivity index (χ0) is 13.0. The number of nitrogens with zero attached hydrogens (tertiary/aromatic N) is 2. The number of anilines is 1. The first-order valence-corrected chi connectivity index (χ1v) is 5.66. The van der Waals surface area contributed by atoms with Crippen LogP contribution < -0.4 is 4.90 Å². The average Bonchev–Trinajstić information content (AvgIpc) is 2.40. The van der Waals surface area contributed by atoms with Crippen molar-refractivity contribution in [1.29, 1.82) is 0 Å². The van der Waals surface area contributed by atoms with Crippen molar-refractivity contribution in [3.05, 3.63) is 70.3 Å². The van der Waals surface area contributed by atoms with Gasteiger partial charge in [0.25, 0.3) is 5.69 Å². The van der Waals surface area contributed by atoms with Crippen LogP contribution in [0, 0.1) is 10.1 Å². The van der Waals surface area contributed by atoms with Crippen LogP contribution in [0.15, 0.2) is 54.6 Å². The maximum Gasteiger partial charge on any atom is 0.269 e. The van der Waals surface area contributed by atoms with Crippen LogP contribution >= 0.6 is 0 Å². The molecule has 4 heteroatoms. The summed E-state index contributed by atoms with van der Waals surface area (Å²) in [5.41, 5.74) is 2.30. The zero-order valence-corrected chi connectivity index (χ0v) is 10.1. The molecule has 0 aliphatic heterocycles. The molecule has 0 spiro atoms. The lowest BCUT2D eigenvalue weighted by atomic mass is 10.2. The summed E-state index contributed by atoms with van der Waals surface area (Å²) >= 11 is 0. The summed E-state index contributed by atoms with van der Waals surface area (Å²) in [6.45, 7) is 0.724. The van der Waals surface area contributed by atoms with Gasteiger partial charge in [-0.2, -0.15) is 0 Å². The molecule has 0 aliphatic carbocycles. The van der Waals surface area contributed by atoms with Crippen molar-refractivity contribution in [2.24, 2.45) is 0 Å². The van der Waals surface area contributed by atoms with Gasteiger partial charge in [0.1, 0.15) is 0 Å². The molecule has 2 aromatic rings. The highest BCUT2D eigenvalue weighted by Crippen LogP contribution is 2.17. The number of non-ortho nitro benzene ring substituents is 1. The highest BCUT2D eigenvalue weighted by molar-refractivity contribution is 5.46. The number of benzene rings is 2. The van der Waals surface area contributed by atoms with E-state index < -0.39 is 0 Å². The number of para-hydroxylation sites is 1. The molecule has 0 N–H and O–H groups in total. The van der Waals surface area contributed by atoms with E-state index in [0.29, 0.717) is 0 Å². The van der Waals surface area contributed by atoms with E-state index in [-0.39, 0.29) is 10.6 Å². The van der Waals surface area contributed by atoms with Crippen molar-refractivity contribution in [3.8, 4) is 0 Å². The number of hydrogen-bond acceptors (Lipinski definition) is 3. The highest BCUT2D eigenvalue weighted by Gasteiger charge is 2.05. The van der Waals surface area contributed by atoms with Crippen molar-refractivity contribution in [3.63, 3.8) is 0 Å². The van der Waals surface area contributed by atoms with Crippen LogP contribution in [0.5, 0.6) is 0 Å². The molecule has 0 fully saturated rings. The van der Waals surface area contributed by atoms with Gasteiger partial charge in [0.15, 0.2) is 0 Å². The van der Waals surface area contributed by atoms with Crippen LogP contribution in [0.2, 0.25) is 0 Å². The van der Waals surface area contributed by atoms with E-state index in [1.165, 1.54) is 12.1 Å². The van der Waals surface area contributed by atoms with Gasteiger partial charge in [-0.25, -0.2) is 0 Å². The van der Waals surface area contributed by atoms with Gasteiger partial charge >= 0.3 is 0 Å². The Kier molecular flexibility index (Phi) is 3.57. The van der Waals surface area contributed by atoms with Crippen LogP contribution in [-0.2, 0) is 6.54 Å². The van der Waals surface area contributed by atoms with Gasteiger partial charge in [0.05, 0.1) is 4.92 Å². The molecule has 0 saturated heterocycles. The van der Waals surface area contributed by atoms with E-state index in [1.54, 1.807) is 12.1 Å². The van der Waals surface area contributed by atoms with E-state index in [4.69, 9.17) is 0 Å². The van der Waals surface area contributed by atoms with Crippen LogP contribution in [0.3, 0.4) is 0 Å². The summed E-state index contributed by atoms with van der Waals surface area (Å²) in [7, 11) is 2.00. The first-order valence-electron chi connectivity index (χ1n) is 5.66. The molecular weight excluding hydrogens is 228 g/mol. The number of nitro groups is 1. The van der Waals surface area contributed by atoms with Gasteiger partial charge in [-0.05, 0) is 17.7 Å². The molecule has 2 rings (SSSR count). The highest BCUT2D eigenvalue weighted by atomic mass is 16.6. The normalized spacial score (nSPS) is 10.1. The number of hydrogen-bond donors (Lipinski definition) is 0. The predicted molar refractivity (Wildman–Crippen MR) is 71.6 cm³/mol. The van der Waals surface area contributed by atoms with Gasteiger partial charge in [0.2, 0.25) is 0 Å².